The van der Waals surface area contributed by atoms with Crippen molar-refractivity contribution >= 4 is 23.9 Å². The van der Waals surface area contributed by atoms with Gasteiger partial charge in [0.1, 0.15) is 24.6 Å². The van der Waals surface area contributed by atoms with Crippen molar-refractivity contribution in [1.82, 2.24) is 20.1 Å². The highest BCUT2D eigenvalue weighted by molar-refractivity contribution is 5.82. The monoisotopic (exact) mass is 668 g/mol. The van der Waals surface area contributed by atoms with E-state index in [4.69, 9.17) is 14.2 Å². The van der Waals surface area contributed by atoms with Crippen LogP contribution in [-0.2, 0) is 23.9 Å². The summed E-state index contributed by atoms with van der Waals surface area (Å²) < 4.78 is 28.4. The Balaban J connectivity index is 1.33. The van der Waals surface area contributed by atoms with Crippen molar-refractivity contribution in [1.29, 1.82) is 0 Å². The van der Waals surface area contributed by atoms with Crippen molar-refractivity contribution in [3.8, 4) is 16.9 Å². The second-order valence-electron chi connectivity index (χ2n) is 13.5. The van der Waals surface area contributed by atoms with Crippen molar-refractivity contribution in [3.63, 3.8) is 0 Å². The second kappa shape index (κ2) is 17.3. The average molecular weight is 669 g/mol. The fourth-order valence-corrected chi connectivity index (χ4v) is 6.15. The number of nitrogens with zero attached hydrogens (tertiary/aromatic N) is 3. The molecule has 4 rings (SSSR count). The van der Waals surface area contributed by atoms with Gasteiger partial charge >= 0.3 is 12.1 Å². The maximum Gasteiger partial charge on any atom is 0.410 e. The van der Waals surface area contributed by atoms with Crippen molar-refractivity contribution in [2.75, 3.05) is 46.6 Å². The zero-order chi connectivity index (χ0) is 34.7. The standard InChI is InChI=1S/C36H49FN4O7/c1-36(2,3)48-35(45)40-16-12-25(13-17-40)10-11-32(42)41-15-6-8-27(24-41)34(44)39-31(21-33(43)46-4)29-19-28(22-38-23-29)26-7-5-9-30(20-26)47-18-14-37/h5,7,9,19-20,22-23,25,27,31H,6,8,10-18,21,24H2,1-4H3,(H,39,44). The van der Waals surface area contributed by atoms with Crippen LogP contribution in [0.2, 0.25) is 0 Å². The summed E-state index contributed by atoms with van der Waals surface area (Å²) in [5, 5.41) is 3.03. The van der Waals surface area contributed by atoms with Gasteiger partial charge in [-0.15, -0.1) is 0 Å². The van der Waals surface area contributed by atoms with E-state index in [9.17, 15) is 23.6 Å². The number of hydrogen-bond acceptors (Lipinski definition) is 8. The van der Waals surface area contributed by atoms with Gasteiger partial charge in [-0.2, -0.15) is 0 Å². The minimum absolute atomic E-state index is 0.0304. The third-order valence-corrected chi connectivity index (χ3v) is 8.77. The molecule has 2 unspecified atom stereocenters. The summed E-state index contributed by atoms with van der Waals surface area (Å²) in [6.07, 6.45) is 7.03. The number of carbonyl (C=O) groups excluding carboxylic acids is 4. The number of alkyl halides is 1. The molecule has 2 aliphatic rings. The first-order chi connectivity index (χ1) is 23.0. The molecule has 0 aliphatic carbocycles. The maximum absolute atomic E-state index is 13.6. The van der Waals surface area contributed by atoms with Gasteiger partial charge in [0.25, 0.3) is 0 Å². The SMILES string of the molecule is COC(=O)CC(NC(=O)C1CCCN(C(=O)CCC2CCN(C(=O)OC(C)(C)C)CC2)C1)c1cncc(-c2cccc(OCCF)c2)c1. The number of rotatable bonds is 12. The van der Waals surface area contributed by atoms with Gasteiger partial charge in [-0.1, -0.05) is 12.1 Å². The van der Waals surface area contributed by atoms with Crippen LogP contribution in [0.3, 0.4) is 0 Å². The Hall–Kier alpha value is -4.22. The zero-order valence-corrected chi connectivity index (χ0v) is 28.5. The summed E-state index contributed by atoms with van der Waals surface area (Å²) in [6.45, 7) is 7.07. The number of likely N-dealkylation sites (tertiary alicyclic amines) is 2. The molecule has 3 heterocycles. The van der Waals surface area contributed by atoms with E-state index >= 15 is 0 Å². The van der Waals surface area contributed by atoms with Crippen LogP contribution in [0.1, 0.15) is 77.3 Å². The molecule has 12 heteroatoms. The summed E-state index contributed by atoms with van der Waals surface area (Å²) in [7, 11) is 1.30. The molecule has 262 valence electrons. The minimum Gasteiger partial charge on any atom is -0.491 e. The highest BCUT2D eigenvalue weighted by Crippen LogP contribution is 2.29. The lowest BCUT2D eigenvalue weighted by molar-refractivity contribution is -0.141. The van der Waals surface area contributed by atoms with Crippen LogP contribution < -0.4 is 10.1 Å². The van der Waals surface area contributed by atoms with E-state index in [2.05, 4.69) is 10.3 Å². The molecule has 2 fully saturated rings. The van der Waals surface area contributed by atoms with E-state index in [1.807, 2.05) is 32.9 Å². The number of halogens is 1. The van der Waals surface area contributed by atoms with Gasteiger partial charge in [-0.05, 0) is 88.1 Å². The average Bonchev–Trinajstić information content (AvgIpc) is 3.09. The number of methoxy groups -OCH3 is 1. The highest BCUT2D eigenvalue weighted by atomic mass is 19.1. The summed E-state index contributed by atoms with van der Waals surface area (Å²) in [5.74, 6) is -0.226. The molecule has 0 spiro atoms. The lowest BCUT2D eigenvalue weighted by Crippen LogP contribution is -2.46. The number of carbonyl (C=O) groups is 4. The predicted molar refractivity (Wildman–Crippen MR) is 178 cm³/mol. The van der Waals surface area contributed by atoms with Crippen molar-refractivity contribution in [2.45, 2.75) is 77.4 Å². The number of nitrogens with one attached hydrogen (secondary N) is 1. The van der Waals surface area contributed by atoms with E-state index < -0.39 is 30.2 Å². The smallest absolute Gasteiger partial charge is 0.410 e. The molecule has 1 N–H and O–H groups in total. The topological polar surface area (TPSA) is 127 Å². The molecule has 1 aromatic carbocycles. The quantitative estimate of drug-likeness (QED) is 0.295. The Labute approximate surface area is 282 Å². The fourth-order valence-electron chi connectivity index (χ4n) is 6.15. The summed E-state index contributed by atoms with van der Waals surface area (Å²) >= 11 is 0. The van der Waals surface area contributed by atoms with Crippen LogP contribution in [0.4, 0.5) is 9.18 Å². The Bertz CT molecular complexity index is 1410. The van der Waals surface area contributed by atoms with Crippen LogP contribution in [0, 0.1) is 11.8 Å². The Morgan fingerprint density at radius 3 is 2.50 bits per heavy atom. The predicted octanol–water partition coefficient (Wildman–Crippen LogP) is 5.48. The van der Waals surface area contributed by atoms with E-state index in [1.54, 1.807) is 40.4 Å². The number of piperidine rings is 2. The fraction of sp³-hybridized carbons (Fsp3) is 0.583. The third-order valence-electron chi connectivity index (χ3n) is 8.77. The molecule has 1 aromatic heterocycles. The van der Waals surface area contributed by atoms with Crippen LogP contribution in [0.15, 0.2) is 42.7 Å². The van der Waals surface area contributed by atoms with E-state index in [0.29, 0.717) is 62.7 Å². The summed E-state index contributed by atoms with van der Waals surface area (Å²) in [4.78, 5) is 59.5. The summed E-state index contributed by atoms with van der Waals surface area (Å²) in [6, 6.07) is 8.36. The van der Waals surface area contributed by atoms with Crippen LogP contribution in [0.5, 0.6) is 5.75 Å². The van der Waals surface area contributed by atoms with Crippen molar-refractivity contribution < 1.29 is 37.8 Å². The maximum atomic E-state index is 13.6. The molecule has 48 heavy (non-hydrogen) atoms. The largest absolute Gasteiger partial charge is 0.491 e. The van der Waals surface area contributed by atoms with E-state index in [1.165, 1.54) is 7.11 Å². The van der Waals surface area contributed by atoms with E-state index in [-0.39, 0.29) is 30.9 Å². The minimum atomic E-state index is -0.694. The van der Waals surface area contributed by atoms with Crippen molar-refractivity contribution in [3.05, 3.63) is 48.3 Å². The molecular formula is C36H49FN4O7. The Morgan fingerprint density at radius 2 is 1.79 bits per heavy atom. The zero-order valence-electron chi connectivity index (χ0n) is 28.5. The third kappa shape index (κ3) is 10.9. The Kier molecular flexibility index (Phi) is 13.2. The number of hydrogen-bond donors (Lipinski definition) is 1. The Morgan fingerprint density at radius 1 is 1.02 bits per heavy atom. The first-order valence-electron chi connectivity index (χ1n) is 16.8. The molecule has 2 saturated heterocycles. The summed E-state index contributed by atoms with van der Waals surface area (Å²) in [5.41, 5.74) is 1.63. The van der Waals surface area contributed by atoms with Gasteiger partial charge < -0.3 is 29.3 Å². The lowest BCUT2D eigenvalue weighted by Gasteiger charge is -2.35. The molecule has 3 amide bonds. The highest BCUT2D eigenvalue weighted by Gasteiger charge is 2.32. The van der Waals surface area contributed by atoms with Crippen LogP contribution >= 0.6 is 0 Å². The number of aromatic nitrogens is 1. The number of ether oxygens (including phenoxy) is 3. The molecule has 2 atom stereocenters. The van der Waals surface area contributed by atoms with Crippen molar-refractivity contribution in [2.24, 2.45) is 11.8 Å². The van der Waals surface area contributed by atoms with Crippen LogP contribution in [0.25, 0.3) is 11.1 Å². The number of esters is 1. The molecule has 2 aliphatic heterocycles. The second-order valence-corrected chi connectivity index (χ2v) is 13.5. The van der Waals surface area contributed by atoms with Gasteiger partial charge in [0.15, 0.2) is 0 Å². The van der Waals surface area contributed by atoms with Gasteiger partial charge in [0.05, 0.1) is 25.5 Å². The lowest BCUT2D eigenvalue weighted by atomic mass is 9.91. The molecule has 0 bridgehead atoms. The molecule has 11 nitrogen and oxygen atoms in total. The number of benzene rings is 1. The normalized spacial score (nSPS) is 17.7. The first kappa shape index (κ1) is 36.6. The molecule has 0 radical (unpaired) electrons. The molecule has 0 saturated carbocycles. The van der Waals surface area contributed by atoms with E-state index in [0.717, 1.165) is 30.4 Å². The first-order valence-corrected chi connectivity index (χ1v) is 16.8. The van der Waals surface area contributed by atoms with Crippen LogP contribution in [-0.4, -0.2) is 90.8 Å². The number of amides is 3. The van der Waals surface area contributed by atoms with Gasteiger partial charge in [-0.3, -0.25) is 19.4 Å². The van der Waals surface area contributed by atoms with Gasteiger partial charge in [-0.25, -0.2) is 9.18 Å². The molecular weight excluding hydrogens is 619 g/mol. The van der Waals surface area contributed by atoms with Gasteiger partial charge in [0, 0.05) is 50.6 Å². The van der Waals surface area contributed by atoms with Gasteiger partial charge in [0.2, 0.25) is 11.8 Å². The molecule has 2 aromatic rings. The number of pyridine rings is 1.